The van der Waals surface area contributed by atoms with Crippen LogP contribution in [-0.2, 0) is 4.79 Å². The van der Waals surface area contributed by atoms with E-state index in [9.17, 15) is 9.59 Å². The van der Waals surface area contributed by atoms with E-state index < -0.39 is 0 Å². The van der Waals surface area contributed by atoms with E-state index in [1.165, 1.54) is 5.56 Å². The Balaban J connectivity index is 1.66. The monoisotopic (exact) mass is 364 g/mol. The van der Waals surface area contributed by atoms with Crippen molar-refractivity contribution in [2.75, 3.05) is 26.7 Å². The number of ketones is 1. The molecule has 4 heteroatoms. The normalized spacial score (nSPS) is 17.7. The maximum atomic E-state index is 12.9. The van der Waals surface area contributed by atoms with Crippen molar-refractivity contribution in [1.29, 1.82) is 0 Å². The number of carbonyl (C=O) groups excluding carboxylic acids is 2. The number of benzene rings is 2. The Bertz CT molecular complexity index is 816. The van der Waals surface area contributed by atoms with Gasteiger partial charge in [-0.25, -0.2) is 0 Å². The topological polar surface area (TPSA) is 40.6 Å². The molecule has 0 radical (unpaired) electrons. The first-order valence-corrected chi connectivity index (χ1v) is 9.59. The summed E-state index contributed by atoms with van der Waals surface area (Å²) >= 11 is 0. The maximum absolute atomic E-state index is 12.9. The van der Waals surface area contributed by atoms with E-state index in [0.717, 1.165) is 24.2 Å². The van der Waals surface area contributed by atoms with Gasteiger partial charge in [-0.05, 0) is 43.7 Å². The van der Waals surface area contributed by atoms with Gasteiger partial charge in [0.2, 0.25) is 5.91 Å². The molecular formula is C23H28N2O2. The molecule has 1 atom stereocenters. The number of nitrogens with zero attached hydrogens (tertiary/aromatic N) is 2. The van der Waals surface area contributed by atoms with E-state index in [4.69, 9.17) is 0 Å². The summed E-state index contributed by atoms with van der Waals surface area (Å²) in [5.74, 6) is 0.103. The van der Waals surface area contributed by atoms with Crippen LogP contribution >= 0.6 is 0 Å². The van der Waals surface area contributed by atoms with Gasteiger partial charge in [0.1, 0.15) is 0 Å². The minimum absolute atomic E-state index is 0.0387. The largest absolute Gasteiger partial charge is 0.333 e. The molecule has 27 heavy (non-hydrogen) atoms. The first-order valence-electron chi connectivity index (χ1n) is 9.59. The molecule has 3 rings (SSSR count). The molecule has 142 valence electrons. The molecule has 1 heterocycles. The van der Waals surface area contributed by atoms with Crippen LogP contribution in [0.15, 0.2) is 48.5 Å². The number of carbonyl (C=O) groups is 2. The van der Waals surface area contributed by atoms with Gasteiger partial charge in [-0.15, -0.1) is 0 Å². The summed E-state index contributed by atoms with van der Waals surface area (Å²) in [6, 6.07) is 16.0. The van der Waals surface area contributed by atoms with Crippen LogP contribution in [0, 0.1) is 13.8 Å². The van der Waals surface area contributed by atoms with Crippen LogP contribution in [0.2, 0.25) is 0 Å². The number of piperazine rings is 1. The molecule has 1 aliphatic rings. The lowest BCUT2D eigenvalue weighted by Gasteiger charge is -2.40. The number of hydrogen-bond donors (Lipinski definition) is 0. The van der Waals surface area contributed by atoms with E-state index in [1.54, 1.807) is 0 Å². The Morgan fingerprint density at radius 1 is 0.963 bits per heavy atom. The molecule has 0 bridgehead atoms. The zero-order chi connectivity index (χ0) is 19.4. The van der Waals surface area contributed by atoms with Gasteiger partial charge < -0.3 is 9.80 Å². The number of rotatable bonds is 5. The Labute approximate surface area is 161 Å². The quantitative estimate of drug-likeness (QED) is 0.758. The number of likely N-dealkylation sites (N-methyl/N-ethyl adjacent to an activating group) is 1. The van der Waals surface area contributed by atoms with Gasteiger partial charge in [-0.1, -0.05) is 42.5 Å². The number of Topliss-reactive ketones (excluding diaryl/α,β-unsaturated/α-hetero) is 1. The molecule has 2 aromatic carbocycles. The summed E-state index contributed by atoms with van der Waals surface area (Å²) in [7, 11) is 2.08. The predicted octanol–water partition coefficient (Wildman–Crippen LogP) is 3.78. The molecule has 1 unspecified atom stereocenters. The molecule has 0 N–H and O–H groups in total. The highest BCUT2D eigenvalue weighted by molar-refractivity contribution is 5.98. The summed E-state index contributed by atoms with van der Waals surface area (Å²) in [5, 5.41) is 0. The zero-order valence-electron chi connectivity index (χ0n) is 16.4. The number of amides is 1. The molecule has 1 saturated heterocycles. The highest BCUT2D eigenvalue weighted by Crippen LogP contribution is 2.26. The second kappa shape index (κ2) is 8.49. The van der Waals surface area contributed by atoms with E-state index in [2.05, 4.69) is 24.1 Å². The average Bonchev–Trinajstić information content (AvgIpc) is 2.68. The molecule has 0 saturated carbocycles. The highest BCUT2D eigenvalue weighted by Gasteiger charge is 2.30. The fraction of sp³-hybridized carbons (Fsp3) is 0.391. The Morgan fingerprint density at radius 2 is 1.70 bits per heavy atom. The van der Waals surface area contributed by atoms with Crippen molar-refractivity contribution in [3.8, 4) is 0 Å². The van der Waals surface area contributed by atoms with Crippen LogP contribution in [0.4, 0.5) is 0 Å². The Kier molecular flexibility index (Phi) is 6.07. The van der Waals surface area contributed by atoms with Crippen molar-refractivity contribution in [3.05, 3.63) is 70.8 Å². The smallest absolute Gasteiger partial charge is 0.223 e. The second-order valence-electron chi connectivity index (χ2n) is 7.50. The molecule has 0 aliphatic carbocycles. The lowest BCUT2D eigenvalue weighted by atomic mass is 9.99. The van der Waals surface area contributed by atoms with Crippen molar-refractivity contribution in [3.63, 3.8) is 0 Å². The summed E-state index contributed by atoms with van der Waals surface area (Å²) in [5.41, 5.74) is 4.13. The van der Waals surface area contributed by atoms with Crippen LogP contribution in [0.3, 0.4) is 0 Å². The average molecular weight is 364 g/mol. The third-order valence-electron chi connectivity index (χ3n) is 5.48. The van der Waals surface area contributed by atoms with Gasteiger partial charge in [0.05, 0.1) is 6.04 Å². The van der Waals surface area contributed by atoms with E-state index in [1.807, 2.05) is 55.1 Å². The summed E-state index contributed by atoms with van der Waals surface area (Å²) in [6.07, 6.45) is 0.522. The van der Waals surface area contributed by atoms with Crippen LogP contribution < -0.4 is 0 Å². The van der Waals surface area contributed by atoms with Crippen LogP contribution in [-0.4, -0.2) is 48.2 Å². The lowest BCUT2D eigenvalue weighted by molar-refractivity contribution is -0.136. The molecule has 1 fully saturated rings. The van der Waals surface area contributed by atoms with Crippen LogP contribution in [0.5, 0.6) is 0 Å². The predicted molar refractivity (Wildman–Crippen MR) is 108 cm³/mol. The van der Waals surface area contributed by atoms with Gasteiger partial charge >= 0.3 is 0 Å². The third kappa shape index (κ3) is 4.64. The minimum Gasteiger partial charge on any atom is -0.333 e. The molecule has 1 aliphatic heterocycles. The van der Waals surface area contributed by atoms with Crippen LogP contribution in [0.25, 0.3) is 0 Å². The third-order valence-corrected chi connectivity index (χ3v) is 5.48. The Morgan fingerprint density at radius 3 is 2.41 bits per heavy atom. The summed E-state index contributed by atoms with van der Waals surface area (Å²) in [6.45, 7) is 6.42. The first-order chi connectivity index (χ1) is 13.0. The van der Waals surface area contributed by atoms with Crippen molar-refractivity contribution in [2.45, 2.75) is 32.7 Å². The Hall–Kier alpha value is -2.46. The van der Waals surface area contributed by atoms with Gasteiger partial charge in [-0.2, -0.15) is 0 Å². The van der Waals surface area contributed by atoms with Crippen molar-refractivity contribution < 1.29 is 9.59 Å². The van der Waals surface area contributed by atoms with Gasteiger partial charge in [0.25, 0.3) is 0 Å². The van der Waals surface area contributed by atoms with Crippen molar-refractivity contribution in [2.24, 2.45) is 0 Å². The van der Waals surface area contributed by atoms with Gasteiger partial charge in [-0.3, -0.25) is 9.59 Å². The fourth-order valence-electron chi connectivity index (χ4n) is 3.60. The molecule has 1 amide bonds. The van der Waals surface area contributed by atoms with E-state index >= 15 is 0 Å². The first kappa shape index (κ1) is 19.3. The lowest BCUT2D eigenvalue weighted by Crippen LogP contribution is -2.49. The molecular weight excluding hydrogens is 336 g/mol. The highest BCUT2D eigenvalue weighted by atomic mass is 16.2. The molecule has 0 aromatic heterocycles. The van der Waals surface area contributed by atoms with Gasteiger partial charge in [0.15, 0.2) is 5.78 Å². The molecule has 2 aromatic rings. The van der Waals surface area contributed by atoms with Crippen molar-refractivity contribution >= 4 is 11.7 Å². The summed E-state index contributed by atoms with van der Waals surface area (Å²) < 4.78 is 0. The summed E-state index contributed by atoms with van der Waals surface area (Å²) in [4.78, 5) is 29.6. The van der Waals surface area contributed by atoms with Crippen LogP contribution in [0.1, 0.15) is 45.9 Å². The van der Waals surface area contributed by atoms with E-state index in [0.29, 0.717) is 12.1 Å². The second-order valence-corrected chi connectivity index (χ2v) is 7.50. The molecule has 0 spiro atoms. The fourth-order valence-corrected chi connectivity index (χ4v) is 3.60. The number of hydrogen-bond acceptors (Lipinski definition) is 3. The number of aryl methyl sites for hydroxylation is 2. The zero-order valence-corrected chi connectivity index (χ0v) is 16.4. The molecule has 4 nitrogen and oxygen atoms in total. The maximum Gasteiger partial charge on any atom is 0.223 e. The van der Waals surface area contributed by atoms with Crippen molar-refractivity contribution in [1.82, 2.24) is 9.80 Å². The SMILES string of the molecule is Cc1ccc(C(=O)CCC(=O)N2CCN(C)CC2c2ccccc2)cc1C. The van der Waals surface area contributed by atoms with E-state index in [-0.39, 0.29) is 30.6 Å². The minimum atomic E-state index is 0.0387. The van der Waals surface area contributed by atoms with Gasteiger partial charge in [0, 0.05) is 38.0 Å². The standard InChI is InChI=1S/C23H28N2O2/c1-17-9-10-20(15-18(17)2)22(26)11-12-23(27)25-14-13-24(3)16-21(25)19-7-5-4-6-8-19/h4-10,15,21H,11-14,16H2,1-3H3.